The second-order valence-electron chi connectivity index (χ2n) is 6.92. The summed E-state index contributed by atoms with van der Waals surface area (Å²) in [4.78, 5) is 14.6. The summed E-state index contributed by atoms with van der Waals surface area (Å²) >= 11 is 0. The molecule has 1 saturated heterocycles. The molecule has 0 radical (unpaired) electrons. The minimum absolute atomic E-state index is 0.121. The van der Waals surface area contributed by atoms with E-state index in [0.717, 1.165) is 6.07 Å². The second kappa shape index (κ2) is 7.92. The molecule has 1 aliphatic heterocycles. The number of piperidine rings is 1. The molecule has 4 rings (SSSR count). The summed E-state index contributed by atoms with van der Waals surface area (Å²) in [5, 5.41) is 14.9. The summed E-state index contributed by atoms with van der Waals surface area (Å²) in [6, 6.07) is 10.6. The van der Waals surface area contributed by atoms with Crippen LogP contribution in [-0.4, -0.2) is 40.9 Å². The Hall–Kier alpha value is -3.18. The van der Waals surface area contributed by atoms with Crippen molar-refractivity contribution in [1.29, 1.82) is 0 Å². The van der Waals surface area contributed by atoms with Gasteiger partial charge in [0.1, 0.15) is 5.82 Å². The average Bonchev–Trinajstić information content (AvgIpc) is 3.25. The summed E-state index contributed by atoms with van der Waals surface area (Å²) in [6.45, 7) is 0.413. The number of rotatable bonds is 5. The third-order valence-corrected chi connectivity index (χ3v) is 6.80. The molecule has 1 unspecified atom stereocenters. The fourth-order valence-electron chi connectivity index (χ4n) is 3.39. The number of halogens is 1. The van der Waals surface area contributed by atoms with E-state index in [9.17, 15) is 22.9 Å². The Morgan fingerprint density at radius 1 is 1.20 bits per heavy atom. The molecule has 2 aromatic carbocycles. The van der Waals surface area contributed by atoms with Gasteiger partial charge in [0.05, 0.1) is 15.7 Å². The normalized spacial score (nSPS) is 17.7. The number of sulfonamides is 1. The van der Waals surface area contributed by atoms with Gasteiger partial charge in [-0.1, -0.05) is 11.2 Å². The largest absolute Gasteiger partial charge is 0.339 e. The maximum atomic E-state index is 13.1. The van der Waals surface area contributed by atoms with Crippen LogP contribution < -0.4 is 0 Å². The van der Waals surface area contributed by atoms with Crippen LogP contribution in [0, 0.1) is 15.9 Å². The Bertz CT molecular complexity index is 1180. The fraction of sp³-hybridized carbons (Fsp3) is 0.263. The van der Waals surface area contributed by atoms with Crippen molar-refractivity contribution in [1.82, 2.24) is 14.4 Å². The zero-order valence-electron chi connectivity index (χ0n) is 15.6. The molecule has 1 aliphatic rings. The number of benzene rings is 2. The third-order valence-electron chi connectivity index (χ3n) is 4.94. The van der Waals surface area contributed by atoms with E-state index >= 15 is 0 Å². The van der Waals surface area contributed by atoms with E-state index in [1.807, 2.05) is 0 Å². The van der Waals surface area contributed by atoms with E-state index in [1.165, 1.54) is 46.8 Å². The van der Waals surface area contributed by atoms with Crippen LogP contribution in [0.5, 0.6) is 0 Å². The van der Waals surface area contributed by atoms with E-state index in [1.54, 1.807) is 0 Å². The topological polar surface area (TPSA) is 119 Å². The average molecular weight is 432 g/mol. The number of hydrogen-bond donors (Lipinski definition) is 0. The summed E-state index contributed by atoms with van der Waals surface area (Å²) in [5.41, 5.74) is 0.300. The molecule has 11 heteroatoms. The van der Waals surface area contributed by atoms with E-state index in [0.29, 0.717) is 36.7 Å². The summed E-state index contributed by atoms with van der Waals surface area (Å²) in [7, 11) is -3.91. The molecule has 9 nitrogen and oxygen atoms in total. The number of nitro benzene ring substituents is 1. The lowest BCUT2D eigenvalue weighted by Gasteiger charge is -2.30. The van der Waals surface area contributed by atoms with Crippen LogP contribution in [0.2, 0.25) is 0 Å². The van der Waals surface area contributed by atoms with Crippen molar-refractivity contribution in [2.24, 2.45) is 0 Å². The van der Waals surface area contributed by atoms with E-state index in [2.05, 4.69) is 10.1 Å². The molecule has 0 amide bonds. The quantitative estimate of drug-likeness (QED) is 0.448. The fourth-order valence-corrected chi connectivity index (χ4v) is 4.95. The number of non-ortho nitro benzene ring substituents is 1. The Morgan fingerprint density at radius 2 is 1.97 bits per heavy atom. The third kappa shape index (κ3) is 3.94. The first-order valence-corrected chi connectivity index (χ1v) is 10.6. The minimum Gasteiger partial charge on any atom is -0.339 e. The van der Waals surface area contributed by atoms with Gasteiger partial charge in [0.25, 0.3) is 5.69 Å². The van der Waals surface area contributed by atoms with Crippen LogP contribution in [0.3, 0.4) is 0 Å². The van der Waals surface area contributed by atoms with Crippen LogP contribution in [0.15, 0.2) is 57.9 Å². The summed E-state index contributed by atoms with van der Waals surface area (Å²) in [6.07, 6.45) is 1.24. The van der Waals surface area contributed by atoms with Gasteiger partial charge in [-0.25, -0.2) is 12.8 Å². The highest BCUT2D eigenvalue weighted by Crippen LogP contribution is 2.31. The van der Waals surface area contributed by atoms with Crippen LogP contribution in [0.4, 0.5) is 10.1 Å². The van der Waals surface area contributed by atoms with Crippen LogP contribution in [0.1, 0.15) is 24.7 Å². The van der Waals surface area contributed by atoms with Crippen LogP contribution in [0.25, 0.3) is 11.4 Å². The van der Waals surface area contributed by atoms with Crippen molar-refractivity contribution in [2.45, 2.75) is 23.7 Å². The maximum Gasteiger partial charge on any atom is 0.270 e. The molecule has 2 heterocycles. The smallest absolute Gasteiger partial charge is 0.270 e. The van der Waals surface area contributed by atoms with Gasteiger partial charge < -0.3 is 4.52 Å². The standard InChI is InChI=1S/C19H17FN4O5S/c20-15-8-6-13(7-9-15)18-21-19(29-22-18)14-3-2-10-23(12-14)30(27,28)17-5-1-4-16(11-17)24(25)26/h1,4-9,11,14H,2-3,10,12H2. The van der Waals surface area contributed by atoms with Gasteiger partial charge in [-0.2, -0.15) is 9.29 Å². The molecule has 3 aromatic rings. The highest BCUT2D eigenvalue weighted by Gasteiger charge is 2.34. The van der Waals surface area contributed by atoms with Gasteiger partial charge >= 0.3 is 0 Å². The van der Waals surface area contributed by atoms with Crippen LogP contribution in [-0.2, 0) is 10.0 Å². The highest BCUT2D eigenvalue weighted by molar-refractivity contribution is 7.89. The molecule has 1 fully saturated rings. The molecular weight excluding hydrogens is 415 g/mol. The highest BCUT2D eigenvalue weighted by atomic mass is 32.2. The van der Waals surface area contributed by atoms with Gasteiger partial charge in [-0.05, 0) is 43.2 Å². The van der Waals surface area contributed by atoms with Gasteiger partial charge in [-0.3, -0.25) is 10.1 Å². The van der Waals surface area contributed by atoms with Crippen molar-refractivity contribution in [2.75, 3.05) is 13.1 Å². The lowest BCUT2D eigenvalue weighted by atomic mass is 10.00. The zero-order valence-corrected chi connectivity index (χ0v) is 16.5. The zero-order chi connectivity index (χ0) is 21.3. The van der Waals surface area contributed by atoms with E-state index in [4.69, 9.17) is 4.52 Å². The monoisotopic (exact) mass is 432 g/mol. The van der Waals surface area contributed by atoms with Gasteiger partial charge in [0, 0.05) is 30.8 Å². The van der Waals surface area contributed by atoms with Crippen LogP contribution >= 0.6 is 0 Å². The number of nitrogens with zero attached hydrogens (tertiary/aromatic N) is 4. The number of hydrogen-bond acceptors (Lipinski definition) is 7. The molecular formula is C19H17FN4O5S. The molecule has 156 valence electrons. The van der Waals surface area contributed by atoms with Crippen molar-refractivity contribution < 1.29 is 22.3 Å². The number of nitro groups is 1. The lowest BCUT2D eigenvalue weighted by molar-refractivity contribution is -0.385. The summed E-state index contributed by atoms with van der Waals surface area (Å²) in [5.74, 6) is -0.0948. The minimum atomic E-state index is -3.91. The van der Waals surface area contributed by atoms with Gasteiger partial charge in [-0.15, -0.1) is 0 Å². The molecule has 0 saturated carbocycles. The van der Waals surface area contributed by atoms with Crippen molar-refractivity contribution >= 4 is 15.7 Å². The molecule has 0 spiro atoms. The lowest BCUT2D eigenvalue weighted by Crippen LogP contribution is -2.39. The van der Waals surface area contributed by atoms with Crippen molar-refractivity contribution in [3.8, 4) is 11.4 Å². The molecule has 1 atom stereocenters. The SMILES string of the molecule is O=[N+]([O-])c1cccc(S(=O)(=O)N2CCCC(c3nc(-c4ccc(F)cc4)no3)C2)c1. The van der Waals surface area contributed by atoms with Gasteiger partial charge in [0.2, 0.25) is 21.7 Å². The maximum absolute atomic E-state index is 13.1. The summed E-state index contributed by atoms with van der Waals surface area (Å²) < 4.78 is 45.7. The van der Waals surface area contributed by atoms with E-state index in [-0.39, 0.29) is 28.9 Å². The first-order chi connectivity index (χ1) is 14.3. The Labute approximate surface area is 171 Å². The Morgan fingerprint density at radius 3 is 2.70 bits per heavy atom. The number of aromatic nitrogens is 2. The Balaban J connectivity index is 1.55. The first kappa shape index (κ1) is 20.1. The van der Waals surface area contributed by atoms with Gasteiger partial charge in [0.15, 0.2) is 0 Å². The molecule has 0 N–H and O–H groups in total. The molecule has 1 aromatic heterocycles. The molecule has 30 heavy (non-hydrogen) atoms. The second-order valence-corrected chi connectivity index (χ2v) is 8.86. The molecule has 0 bridgehead atoms. The Kier molecular flexibility index (Phi) is 5.31. The predicted molar refractivity (Wildman–Crippen MR) is 104 cm³/mol. The van der Waals surface area contributed by atoms with Crippen molar-refractivity contribution in [3.05, 3.63) is 70.4 Å². The molecule has 0 aliphatic carbocycles. The van der Waals surface area contributed by atoms with Crippen molar-refractivity contribution in [3.63, 3.8) is 0 Å². The first-order valence-electron chi connectivity index (χ1n) is 9.19. The van der Waals surface area contributed by atoms with E-state index < -0.39 is 14.9 Å². The predicted octanol–water partition coefficient (Wildman–Crippen LogP) is 3.35.